The van der Waals surface area contributed by atoms with Gasteiger partial charge in [-0.1, -0.05) is 5.03 Å². The number of nitriles is 1. The van der Waals surface area contributed by atoms with Crippen molar-refractivity contribution < 1.29 is 4.79 Å². The number of pyridine rings is 1. The predicted molar refractivity (Wildman–Crippen MR) is 51.9 cm³/mol. The number of Topliss-reactive ketones (excluding diaryl/α,β-unsaturated/α-hetero) is 1. The first-order chi connectivity index (χ1) is 6.72. The lowest BCUT2D eigenvalue weighted by Gasteiger charge is -2.17. The van der Waals surface area contributed by atoms with Crippen molar-refractivity contribution in [3.63, 3.8) is 0 Å². The quantitative estimate of drug-likeness (QED) is 0.598. The number of nitrogens with zero attached hydrogens (tertiary/aromatic N) is 2. The number of rotatable bonds is 0. The number of hydrogen-bond donors (Lipinski definition) is 0. The van der Waals surface area contributed by atoms with Gasteiger partial charge in [0.2, 0.25) is 0 Å². The Balaban J connectivity index is 2.62. The number of carbonyl (C=O) groups excluding carboxylic acids is 1. The van der Waals surface area contributed by atoms with E-state index in [1.165, 1.54) is 0 Å². The molecule has 1 aromatic heterocycles. The number of ketones is 1. The molecule has 1 heterocycles. The monoisotopic (exact) mass is 203 g/mol. The minimum atomic E-state index is 0.0743. The van der Waals surface area contributed by atoms with Gasteiger partial charge in [-0.15, -0.1) is 0 Å². The fourth-order valence-electron chi connectivity index (χ4n) is 1.60. The highest BCUT2D eigenvalue weighted by Crippen LogP contribution is 2.21. The average Bonchev–Trinajstić information content (AvgIpc) is 2.17. The minimum Gasteiger partial charge on any atom is -0.759 e. The largest absolute Gasteiger partial charge is 0.759 e. The molecule has 3 nitrogen and oxygen atoms in total. The number of aromatic nitrogens is 1. The van der Waals surface area contributed by atoms with Crippen molar-refractivity contribution in [2.24, 2.45) is 0 Å². The van der Waals surface area contributed by atoms with Crippen LogP contribution in [0.2, 0.25) is 0 Å². The Hall–Kier alpha value is -1.47. The van der Waals surface area contributed by atoms with Crippen LogP contribution in [0.5, 0.6) is 0 Å². The van der Waals surface area contributed by atoms with Crippen LogP contribution in [-0.4, -0.2) is 10.8 Å². The highest BCUT2D eigenvalue weighted by Gasteiger charge is 2.18. The zero-order valence-corrected chi connectivity index (χ0v) is 8.23. The van der Waals surface area contributed by atoms with Crippen LogP contribution in [0.1, 0.15) is 34.5 Å². The Morgan fingerprint density at radius 3 is 3.00 bits per heavy atom. The van der Waals surface area contributed by atoms with Crippen LogP contribution >= 0.6 is 0 Å². The Morgan fingerprint density at radius 1 is 1.50 bits per heavy atom. The SMILES string of the molecule is N#Cc1cc2c(nc1[S-])CCCC2=O. The molecule has 0 saturated carbocycles. The number of aryl methyl sites for hydroxylation is 1. The molecule has 14 heavy (non-hydrogen) atoms. The van der Waals surface area contributed by atoms with E-state index in [4.69, 9.17) is 17.9 Å². The van der Waals surface area contributed by atoms with Gasteiger partial charge in [-0.3, -0.25) is 9.78 Å². The normalized spacial score (nSPS) is 14.6. The average molecular weight is 203 g/mol. The van der Waals surface area contributed by atoms with Crippen molar-refractivity contribution >= 4 is 18.4 Å². The molecule has 1 aliphatic rings. The number of carbonyl (C=O) groups is 1. The van der Waals surface area contributed by atoms with E-state index >= 15 is 0 Å². The van der Waals surface area contributed by atoms with Crippen molar-refractivity contribution in [2.75, 3.05) is 0 Å². The number of hydrogen-bond acceptors (Lipinski definition) is 4. The zero-order chi connectivity index (χ0) is 10.1. The summed E-state index contributed by atoms with van der Waals surface area (Å²) in [6, 6.07) is 3.52. The first-order valence-electron chi connectivity index (χ1n) is 4.36. The van der Waals surface area contributed by atoms with E-state index in [0.29, 0.717) is 22.6 Å². The van der Waals surface area contributed by atoms with Gasteiger partial charge >= 0.3 is 0 Å². The highest BCUT2D eigenvalue weighted by atomic mass is 32.1. The maximum Gasteiger partial charge on any atom is 0.164 e. The van der Waals surface area contributed by atoms with Gasteiger partial charge in [0.1, 0.15) is 0 Å². The molecule has 2 rings (SSSR count). The standard InChI is InChI=1S/C10H8N2OS/c11-5-6-4-7-8(12-10(6)14)2-1-3-9(7)13/h4H,1-3H2,(H,12,14)/p-1. The summed E-state index contributed by atoms with van der Waals surface area (Å²) in [5.74, 6) is 0.0743. The van der Waals surface area contributed by atoms with Crippen LogP contribution in [0.3, 0.4) is 0 Å². The van der Waals surface area contributed by atoms with Crippen molar-refractivity contribution in [3.05, 3.63) is 22.9 Å². The minimum absolute atomic E-state index is 0.0743. The molecule has 0 radical (unpaired) electrons. The Bertz CT molecular complexity index is 448. The lowest BCUT2D eigenvalue weighted by molar-refractivity contribution is 0.0971. The second kappa shape index (κ2) is 3.35. The van der Waals surface area contributed by atoms with E-state index in [9.17, 15) is 4.79 Å². The zero-order valence-electron chi connectivity index (χ0n) is 7.41. The summed E-state index contributed by atoms with van der Waals surface area (Å²) >= 11 is 4.93. The van der Waals surface area contributed by atoms with Crippen molar-refractivity contribution in [3.8, 4) is 6.07 Å². The first kappa shape index (κ1) is 9.10. The molecule has 0 aliphatic heterocycles. The highest BCUT2D eigenvalue weighted by molar-refractivity contribution is 7.58. The molecule has 0 aromatic carbocycles. The topological polar surface area (TPSA) is 53.8 Å². The van der Waals surface area contributed by atoms with E-state index in [2.05, 4.69) is 4.98 Å². The van der Waals surface area contributed by atoms with Crippen molar-refractivity contribution in [1.29, 1.82) is 5.26 Å². The first-order valence-corrected chi connectivity index (χ1v) is 4.77. The summed E-state index contributed by atoms with van der Waals surface area (Å²) in [5.41, 5.74) is 1.67. The van der Waals surface area contributed by atoms with Gasteiger partial charge < -0.3 is 12.6 Å². The van der Waals surface area contributed by atoms with Gasteiger partial charge in [0.05, 0.1) is 11.6 Å². The van der Waals surface area contributed by atoms with Crippen LogP contribution < -0.4 is 0 Å². The summed E-state index contributed by atoms with van der Waals surface area (Å²) in [5, 5.41) is 9.04. The van der Waals surface area contributed by atoms with Gasteiger partial charge in [-0.25, -0.2) is 0 Å². The molecule has 0 amide bonds. The third-order valence-corrected chi connectivity index (χ3v) is 2.62. The lowest BCUT2D eigenvalue weighted by atomic mass is 9.94. The summed E-state index contributed by atoms with van der Waals surface area (Å²) < 4.78 is 0. The Morgan fingerprint density at radius 2 is 2.29 bits per heavy atom. The van der Waals surface area contributed by atoms with Crippen molar-refractivity contribution in [1.82, 2.24) is 4.98 Å². The van der Waals surface area contributed by atoms with E-state index < -0.39 is 0 Å². The second-order valence-electron chi connectivity index (χ2n) is 3.22. The summed E-state index contributed by atoms with van der Waals surface area (Å²) in [6.07, 6.45) is 2.17. The fraction of sp³-hybridized carbons (Fsp3) is 0.300. The lowest BCUT2D eigenvalue weighted by Crippen LogP contribution is -2.13. The van der Waals surface area contributed by atoms with E-state index in [1.807, 2.05) is 6.07 Å². The Labute approximate surface area is 87.2 Å². The van der Waals surface area contributed by atoms with Crippen LogP contribution in [0.25, 0.3) is 0 Å². The molecule has 0 spiro atoms. The van der Waals surface area contributed by atoms with Crippen LogP contribution in [0.15, 0.2) is 11.1 Å². The van der Waals surface area contributed by atoms with Gasteiger partial charge in [-0.05, 0) is 18.9 Å². The summed E-state index contributed by atoms with van der Waals surface area (Å²) in [7, 11) is 0. The van der Waals surface area contributed by atoms with Gasteiger partial charge in [0, 0.05) is 17.7 Å². The van der Waals surface area contributed by atoms with E-state index in [-0.39, 0.29) is 5.78 Å². The molecule has 1 aromatic rings. The molecule has 1 aliphatic carbocycles. The molecule has 0 bridgehead atoms. The third kappa shape index (κ3) is 1.36. The smallest absolute Gasteiger partial charge is 0.164 e. The molecule has 0 atom stereocenters. The third-order valence-electron chi connectivity index (χ3n) is 2.30. The molecule has 0 fully saturated rings. The molecule has 0 unspecified atom stereocenters. The second-order valence-corrected chi connectivity index (χ2v) is 3.61. The maximum absolute atomic E-state index is 11.5. The molecule has 70 valence electrons. The summed E-state index contributed by atoms with van der Waals surface area (Å²) in [4.78, 5) is 15.6. The molecule has 0 N–H and O–H groups in total. The number of fused-ring (bicyclic) bond motifs is 1. The van der Waals surface area contributed by atoms with E-state index in [1.54, 1.807) is 6.07 Å². The molecular weight excluding hydrogens is 196 g/mol. The van der Waals surface area contributed by atoms with Gasteiger partial charge in [-0.2, -0.15) is 5.26 Å². The predicted octanol–water partition coefficient (Wildman–Crippen LogP) is 1.38. The van der Waals surface area contributed by atoms with Crippen LogP contribution in [-0.2, 0) is 19.0 Å². The molecular formula is C10H7N2OS-. The summed E-state index contributed by atoms with van der Waals surface area (Å²) in [6.45, 7) is 0. The van der Waals surface area contributed by atoms with E-state index in [0.717, 1.165) is 18.5 Å². The van der Waals surface area contributed by atoms with Crippen LogP contribution in [0, 0.1) is 11.3 Å². The van der Waals surface area contributed by atoms with Crippen LogP contribution in [0.4, 0.5) is 0 Å². The van der Waals surface area contributed by atoms with Gasteiger partial charge in [0.25, 0.3) is 0 Å². The van der Waals surface area contributed by atoms with Crippen molar-refractivity contribution in [2.45, 2.75) is 24.3 Å². The fourth-order valence-corrected chi connectivity index (χ4v) is 1.81. The molecule has 0 saturated heterocycles. The Kier molecular flexibility index (Phi) is 2.18. The molecule has 4 heteroatoms. The van der Waals surface area contributed by atoms with Gasteiger partial charge in [0.15, 0.2) is 5.78 Å². The maximum atomic E-state index is 11.5.